The molecule has 8 nitrogen and oxygen atoms in total. The zero-order valence-electron chi connectivity index (χ0n) is 21.0. The van der Waals surface area contributed by atoms with Gasteiger partial charge in [-0.15, -0.1) is 0 Å². The van der Waals surface area contributed by atoms with Gasteiger partial charge >= 0.3 is 17.9 Å². The molecule has 8 heteroatoms. The van der Waals surface area contributed by atoms with E-state index < -0.39 is 17.1 Å². The number of carbonyl (C=O) groups excluding carboxylic acids is 3. The predicted octanol–water partition coefficient (Wildman–Crippen LogP) is 3.19. The summed E-state index contributed by atoms with van der Waals surface area (Å²) in [7, 11) is 2.10. The second-order valence-corrected chi connectivity index (χ2v) is 12.1. The number of rotatable bonds is 6. The predicted molar refractivity (Wildman–Crippen MR) is 129 cm³/mol. The molecule has 1 saturated heterocycles. The molecule has 8 rings (SSSR count). The Kier molecular flexibility index (Phi) is 4.41. The highest BCUT2D eigenvalue weighted by molar-refractivity contribution is 5.80. The fourth-order valence-corrected chi connectivity index (χ4v) is 7.29. The summed E-state index contributed by atoms with van der Waals surface area (Å²) in [4.78, 5) is 41.0. The molecule has 194 valence electrons. The number of nitrogens with zero attached hydrogens (tertiary/aromatic N) is 1. The van der Waals surface area contributed by atoms with Gasteiger partial charge in [0, 0.05) is 12.0 Å². The molecule has 3 saturated carbocycles. The van der Waals surface area contributed by atoms with Crippen molar-refractivity contribution in [2.24, 2.45) is 17.8 Å². The van der Waals surface area contributed by atoms with Crippen LogP contribution in [0, 0.1) is 17.8 Å². The van der Waals surface area contributed by atoms with Gasteiger partial charge in [-0.25, -0.2) is 0 Å². The highest BCUT2D eigenvalue weighted by atomic mass is 16.6. The van der Waals surface area contributed by atoms with E-state index in [1.54, 1.807) is 0 Å². The first-order valence-electron chi connectivity index (χ1n) is 13.8. The van der Waals surface area contributed by atoms with Gasteiger partial charge in [-0.3, -0.25) is 19.3 Å². The van der Waals surface area contributed by atoms with Crippen LogP contribution >= 0.6 is 0 Å². The van der Waals surface area contributed by atoms with Crippen molar-refractivity contribution >= 4 is 17.9 Å². The van der Waals surface area contributed by atoms with E-state index in [4.69, 9.17) is 18.9 Å². The molecule has 4 atom stereocenters. The Hall–Kier alpha value is -2.87. The maximum atomic E-state index is 13.3. The van der Waals surface area contributed by atoms with E-state index in [1.807, 2.05) is 18.2 Å². The average Bonchev–Trinajstić information content (AvgIpc) is 3.74. The van der Waals surface area contributed by atoms with Crippen LogP contribution in [-0.4, -0.2) is 54.1 Å². The molecule has 2 bridgehead atoms. The highest BCUT2D eigenvalue weighted by Crippen LogP contribution is 2.67. The highest BCUT2D eigenvalue weighted by Gasteiger charge is 2.75. The summed E-state index contributed by atoms with van der Waals surface area (Å²) in [6.07, 6.45) is 8.28. The largest absolute Gasteiger partial charge is 0.477 e. The number of esters is 3. The van der Waals surface area contributed by atoms with Crippen molar-refractivity contribution in [1.82, 2.24) is 4.90 Å². The second-order valence-electron chi connectivity index (χ2n) is 12.1. The lowest BCUT2D eigenvalue weighted by Gasteiger charge is -2.62. The van der Waals surface area contributed by atoms with Gasteiger partial charge in [0.1, 0.15) is 11.4 Å². The van der Waals surface area contributed by atoms with Crippen LogP contribution < -0.4 is 9.47 Å². The van der Waals surface area contributed by atoms with E-state index in [0.717, 1.165) is 56.2 Å². The van der Waals surface area contributed by atoms with Crippen LogP contribution in [0.5, 0.6) is 11.5 Å². The summed E-state index contributed by atoms with van der Waals surface area (Å²) in [5.41, 5.74) is 0.526. The van der Waals surface area contributed by atoms with Crippen LogP contribution in [-0.2, 0) is 35.7 Å². The van der Waals surface area contributed by atoms with E-state index in [-0.39, 0.29) is 41.7 Å². The van der Waals surface area contributed by atoms with Crippen molar-refractivity contribution in [3.8, 4) is 11.5 Å². The first-order valence-corrected chi connectivity index (χ1v) is 13.8. The molecule has 7 aliphatic rings. The fraction of sp³-hybridized carbons (Fsp3) is 0.621. The van der Waals surface area contributed by atoms with Crippen LogP contribution in [0.1, 0.15) is 62.5 Å². The van der Waals surface area contributed by atoms with Crippen molar-refractivity contribution in [3.63, 3.8) is 0 Å². The third kappa shape index (κ3) is 3.02. The average molecular weight is 506 g/mol. The number of likely N-dealkylation sites (N-methyl/N-ethyl adjacent to an activating group) is 1. The zero-order chi connectivity index (χ0) is 25.1. The van der Waals surface area contributed by atoms with Gasteiger partial charge in [-0.1, -0.05) is 6.07 Å². The number of piperidine rings is 1. The summed E-state index contributed by atoms with van der Waals surface area (Å²) in [6, 6.07) is 3.83. The number of benzene rings is 1. The van der Waals surface area contributed by atoms with Crippen LogP contribution in [0.4, 0.5) is 0 Å². The third-order valence-corrected chi connectivity index (χ3v) is 9.74. The van der Waals surface area contributed by atoms with E-state index >= 15 is 0 Å². The van der Waals surface area contributed by atoms with Crippen LogP contribution in [0.2, 0.25) is 0 Å². The summed E-state index contributed by atoms with van der Waals surface area (Å²) < 4.78 is 25.2. The van der Waals surface area contributed by atoms with Gasteiger partial charge in [0.25, 0.3) is 0 Å². The molecule has 2 heterocycles. The van der Waals surface area contributed by atoms with Gasteiger partial charge < -0.3 is 18.9 Å². The molecule has 2 aliphatic heterocycles. The van der Waals surface area contributed by atoms with E-state index in [9.17, 15) is 14.4 Å². The normalized spacial score (nSPS) is 35.1. The van der Waals surface area contributed by atoms with Crippen LogP contribution in [0.15, 0.2) is 24.0 Å². The first kappa shape index (κ1) is 22.1. The van der Waals surface area contributed by atoms with E-state index in [1.165, 1.54) is 0 Å². The third-order valence-electron chi connectivity index (χ3n) is 9.74. The van der Waals surface area contributed by atoms with Gasteiger partial charge in [-0.05, 0) is 82.7 Å². The Morgan fingerprint density at radius 3 is 2.32 bits per heavy atom. The van der Waals surface area contributed by atoms with Gasteiger partial charge in [0.2, 0.25) is 0 Å². The summed E-state index contributed by atoms with van der Waals surface area (Å²) in [5, 5.41) is 0. The van der Waals surface area contributed by atoms with Crippen LogP contribution in [0.3, 0.4) is 0 Å². The molecular formula is C29H31NO7. The van der Waals surface area contributed by atoms with Gasteiger partial charge in [0.05, 0.1) is 29.2 Å². The van der Waals surface area contributed by atoms with Gasteiger partial charge in [-0.2, -0.15) is 0 Å². The Bertz CT molecular complexity index is 1280. The topological polar surface area (TPSA) is 91.4 Å². The zero-order valence-corrected chi connectivity index (χ0v) is 21.0. The van der Waals surface area contributed by atoms with Crippen molar-refractivity contribution in [3.05, 3.63) is 35.1 Å². The minimum Gasteiger partial charge on any atom is -0.477 e. The SMILES string of the molecule is CN1CC[C@]23c4c5ccc(OC(=O)C6CC6)c4O[C@H]2C(OC(=O)C2CC2)=CC[C@@]3(OC(=O)C2CC2)[C@H]1C5. The smallest absolute Gasteiger partial charge is 0.314 e. The Morgan fingerprint density at radius 1 is 0.946 bits per heavy atom. The number of likely N-dealkylation sites (tertiary alicyclic amines) is 1. The molecule has 4 fully saturated rings. The number of hydrogen-bond donors (Lipinski definition) is 0. The van der Waals surface area contributed by atoms with Gasteiger partial charge in [0.15, 0.2) is 17.6 Å². The molecular weight excluding hydrogens is 474 g/mol. The van der Waals surface area contributed by atoms with Crippen LogP contribution in [0.25, 0.3) is 0 Å². The van der Waals surface area contributed by atoms with Crippen molar-refractivity contribution < 1.29 is 33.3 Å². The Labute approximate surface area is 215 Å². The molecule has 37 heavy (non-hydrogen) atoms. The molecule has 0 aromatic heterocycles. The fourth-order valence-electron chi connectivity index (χ4n) is 7.29. The molecule has 0 radical (unpaired) electrons. The van der Waals surface area contributed by atoms with Crippen molar-refractivity contribution in [2.45, 2.75) is 80.9 Å². The number of ether oxygens (including phenoxy) is 4. The van der Waals surface area contributed by atoms with E-state index in [2.05, 4.69) is 11.9 Å². The first-order chi connectivity index (χ1) is 17.9. The molecule has 1 spiro atoms. The maximum absolute atomic E-state index is 13.3. The summed E-state index contributed by atoms with van der Waals surface area (Å²) in [5.74, 6) is 0.726. The van der Waals surface area contributed by atoms with Crippen molar-refractivity contribution in [2.75, 3.05) is 13.6 Å². The lowest BCUT2D eigenvalue weighted by molar-refractivity contribution is -0.207. The quantitative estimate of drug-likeness (QED) is 0.430. The lowest BCUT2D eigenvalue weighted by Crippen LogP contribution is -2.75. The summed E-state index contributed by atoms with van der Waals surface area (Å²) >= 11 is 0. The number of hydrogen-bond acceptors (Lipinski definition) is 8. The minimum absolute atomic E-state index is 0.0368. The molecule has 1 aromatic rings. The lowest BCUT2D eigenvalue weighted by atomic mass is 9.50. The standard InChI is InChI=1S/C29H31NO7/c1-30-13-12-28-22-18-8-9-19(34-25(31)15-2-3-15)23(22)36-24(28)20(35-26(32)16-4-5-16)10-11-29(28,21(30)14-18)37-27(33)17-6-7-17/h8-10,15-17,21,24H,2-7,11-14H2,1H3/t21-,24+,28+,29-/m1/s1. The van der Waals surface area contributed by atoms with E-state index in [0.29, 0.717) is 36.5 Å². The van der Waals surface area contributed by atoms with Crippen molar-refractivity contribution in [1.29, 1.82) is 0 Å². The Balaban J connectivity index is 1.30. The molecule has 5 aliphatic carbocycles. The molecule has 0 amide bonds. The second kappa shape index (κ2) is 7.37. The Morgan fingerprint density at radius 2 is 1.62 bits per heavy atom. The minimum atomic E-state index is -0.850. The molecule has 0 N–H and O–H groups in total. The summed E-state index contributed by atoms with van der Waals surface area (Å²) in [6.45, 7) is 0.794. The maximum Gasteiger partial charge on any atom is 0.314 e. The molecule has 1 aromatic carbocycles. The molecule has 0 unspecified atom stereocenters. The number of carbonyl (C=O) groups is 3. The monoisotopic (exact) mass is 505 g/mol.